The maximum Gasteiger partial charge on any atom is 0.225 e. The van der Waals surface area contributed by atoms with Gasteiger partial charge in [-0.1, -0.05) is 20.3 Å². The Kier molecular flexibility index (Phi) is 3.73. The minimum atomic E-state index is -0.457. The predicted octanol–water partition coefficient (Wildman–Crippen LogP) is 1.03. The van der Waals surface area contributed by atoms with Crippen LogP contribution in [0.5, 0.6) is 0 Å². The van der Waals surface area contributed by atoms with Crippen LogP contribution in [0, 0.1) is 11.8 Å². The van der Waals surface area contributed by atoms with Gasteiger partial charge in [-0.2, -0.15) is 0 Å². The zero-order valence-electron chi connectivity index (χ0n) is 10.8. The summed E-state index contributed by atoms with van der Waals surface area (Å²) in [5.74, 6) is 0.637. The predicted molar refractivity (Wildman–Crippen MR) is 64.5 cm³/mol. The molecule has 0 saturated carbocycles. The maximum absolute atomic E-state index is 12.2. The first-order valence-corrected chi connectivity index (χ1v) is 6.66. The molecule has 0 spiro atoms. The summed E-state index contributed by atoms with van der Waals surface area (Å²) >= 11 is 0. The van der Waals surface area contributed by atoms with Crippen molar-refractivity contribution in [2.45, 2.75) is 38.7 Å². The summed E-state index contributed by atoms with van der Waals surface area (Å²) in [7, 11) is 0. The first kappa shape index (κ1) is 12.8. The first-order chi connectivity index (χ1) is 8.13. The fraction of sp³-hybridized carbons (Fsp3) is 0.923. The van der Waals surface area contributed by atoms with Gasteiger partial charge < -0.3 is 14.7 Å². The molecule has 0 aromatic carbocycles. The number of hydrogen-bond acceptors (Lipinski definition) is 3. The van der Waals surface area contributed by atoms with Gasteiger partial charge in [-0.15, -0.1) is 0 Å². The van der Waals surface area contributed by atoms with Crippen LogP contribution in [-0.4, -0.2) is 47.8 Å². The number of aliphatic hydroxyl groups excluding tert-OH is 1. The Morgan fingerprint density at radius 2 is 2.41 bits per heavy atom. The normalized spacial score (nSPS) is 33.8. The number of fused-ring (bicyclic) bond motifs is 1. The largest absolute Gasteiger partial charge is 0.393 e. The van der Waals surface area contributed by atoms with Crippen LogP contribution < -0.4 is 0 Å². The van der Waals surface area contributed by atoms with Crippen molar-refractivity contribution in [2.75, 3.05) is 26.3 Å². The second kappa shape index (κ2) is 4.94. The highest BCUT2D eigenvalue weighted by molar-refractivity contribution is 5.79. The monoisotopic (exact) mass is 241 g/mol. The third-order valence-electron chi connectivity index (χ3n) is 4.22. The van der Waals surface area contributed by atoms with Crippen LogP contribution in [0.4, 0.5) is 0 Å². The molecule has 2 fully saturated rings. The number of aliphatic hydroxyl groups is 1. The van der Waals surface area contributed by atoms with Gasteiger partial charge in [-0.3, -0.25) is 4.79 Å². The summed E-state index contributed by atoms with van der Waals surface area (Å²) < 4.78 is 5.69. The number of hydrogen-bond donors (Lipinski definition) is 1. The molecule has 2 aliphatic heterocycles. The Hall–Kier alpha value is -0.610. The summed E-state index contributed by atoms with van der Waals surface area (Å²) in [6.45, 7) is 6.17. The van der Waals surface area contributed by atoms with E-state index in [-0.39, 0.29) is 18.4 Å². The molecule has 2 saturated heterocycles. The molecule has 2 heterocycles. The number of ether oxygens (including phenoxy) is 1. The highest BCUT2D eigenvalue weighted by Crippen LogP contribution is 2.39. The van der Waals surface area contributed by atoms with Gasteiger partial charge in [0, 0.05) is 25.0 Å². The van der Waals surface area contributed by atoms with E-state index in [9.17, 15) is 9.90 Å². The minimum Gasteiger partial charge on any atom is -0.393 e. The molecule has 4 nitrogen and oxygen atoms in total. The lowest BCUT2D eigenvalue weighted by atomic mass is 9.92. The molecule has 4 heteroatoms. The van der Waals surface area contributed by atoms with E-state index < -0.39 is 5.60 Å². The molecule has 2 rings (SSSR count). The number of likely N-dealkylation sites (tertiary alicyclic amines) is 1. The molecule has 1 amide bonds. The molecule has 17 heavy (non-hydrogen) atoms. The van der Waals surface area contributed by atoms with Crippen LogP contribution in [0.3, 0.4) is 0 Å². The summed E-state index contributed by atoms with van der Waals surface area (Å²) in [6.07, 6.45) is 2.94. The quantitative estimate of drug-likeness (QED) is 0.800. The minimum absolute atomic E-state index is 0.0314. The van der Waals surface area contributed by atoms with Crippen molar-refractivity contribution >= 4 is 5.91 Å². The number of rotatable bonds is 4. The lowest BCUT2D eigenvalue weighted by Gasteiger charge is -2.26. The molecular weight excluding hydrogens is 218 g/mol. The standard InChI is InChI=1S/C13H23NO3/c1-3-4-10(2)12(16)14-7-11-5-6-17-13(11,8-14)9-15/h10-11,15H,3-9H2,1-2H3. The van der Waals surface area contributed by atoms with Crippen molar-refractivity contribution in [1.29, 1.82) is 0 Å². The molecule has 1 N–H and O–H groups in total. The van der Waals surface area contributed by atoms with E-state index in [1.54, 1.807) is 0 Å². The van der Waals surface area contributed by atoms with Crippen LogP contribution in [0.15, 0.2) is 0 Å². The number of carbonyl (C=O) groups excluding carboxylic acids is 1. The lowest BCUT2D eigenvalue weighted by Crippen LogP contribution is -2.42. The Morgan fingerprint density at radius 3 is 3.00 bits per heavy atom. The van der Waals surface area contributed by atoms with Crippen molar-refractivity contribution in [1.82, 2.24) is 4.90 Å². The van der Waals surface area contributed by atoms with Gasteiger partial charge in [0.15, 0.2) is 0 Å². The van der Waals surface area contributed by atoms with Gasteiger partial charge >= 0.3 is 0 Å². The summed E-state index contributed by atoms with van der Waals surface area (Å²) in [5.41, 5.74) is -0.457. The van der Waals surface area contributed by atoms with Gasteiger partial charge in [-0.25, -0.2) is 0 Å². The Bertz CT molecular complexity index is 294. The molecular formula is C13H23NO3. The molecule has 0 aromatic rings. The van der Waals surface area contributed by atoms with Gasteiger partial charge in [0.1, 0.15) is 5.60 Å². The van der Waals surface area contributed by atoms with E-state index in [0.717, 1.165) is 32.4 Å². The number of nitrogens with zero attached hydrogens (tertiary/aromatic N) is 1. The van der Waals surface area contributed by atoms with E-state index in [1.807, 2.05) is 11.8 Å². The fourth-order valence-electron chi connectivity index (χ4n) is 3.13. The second-order valence-corrected chi connectivity index (χ2v) is 5.47. The zero-order chi connectivity index (χ0) is 12.5. The van der Waals surface area contributed by atoms with Crippen LogP contribution >= 0.6 is 0 Å². The van der Waals surface area contributed by atoms with E-state index in [4.69, 9.17) is 4.74 Å². The van der Waals surface area contributed by atoms with Crippen molar-refractivity contribution in [3.63, 3.8) is 0 Å². The molecule has 98 valence electrons. The van der Waals surface area contributed by atoms with E-state index in [2.05, 4.69) is 6.92 Å². The molecule has 0 aromatic heterocycles. The summed E-state index contributed by atoms with van der Waals surface area (Å²) in [6, 6.07) is 0. The average molecular weight is 241 g/mol. The van der Waals surface area contributed by atoms with E-state index in [1.165, 1.54) is 0 Å². The molecule has 0 bridgehead atoms. The molecule has 0 radical (unpaired) electrons. The van der Waals surface area contributed by atoms with E-state index >= 15 is 0 Å². The number of amides is 1. The Labute approximate surface area is 103 Å². The van der Waals surface area contributed by atoms with E-state index in [0.29, 0.717) is 12.5 Å². The second-order valence-electron chi connectivity index (χ2n) is 5.47. The molecule has 0 aliphatic carbocycles. The van der Waals surface area contributed by atoms with Crippen LogP contribution in [0.2, 0.25) is 0 Å². The lowest BCUT2D eigenvalue weighted by molar-refractivity contribution is -0.136. The van der Waals surface area contributed by atoms with Gasteiger partial charge in [0.05, 0.1) is 13.2 Å². The van der Waals surface area contributed by atoms with Crippen LogP contribution in [-0.2, 0) is 9.53 Å². The molecule has 3 unspecified atom stereocenters. The fourth-order valence-corrected chi connectivity index (χ4v) is 3.13. The first-order valence-electron chi connectivity index (χ1n) is 6.66. The summed E-state index contributed by atoms with van der Waals surface area (Å²) in [5, 5.41) is 9.51. The smallest absolute Gasteiger partial charge is 0.225 e. The topological polar surface area (TPSA) is 49.8 Å². The zero-order valence-corrected chi connectivity index (χ0v) is 10.8. The van der Waals surface area contributed by atoms with Crippen molar-refractivity contribution < 1.29 is 14.6 Å². The van der Waals surface area contributed by atoms with Crippen LogP contribution in [0.25, 0.3) is 0 Å². The maximum atomic E-state index is 12.2. The average Bonchev–Trinajstić information content (AvgIpc) is 2.84. The summed E-state index contributed by atoms with van der Waals surface area (Å²) in [4.78, 5) is 14.1. The molecule has 2 aliphatic rings. The number of carbonyl (C=O) groups is 1. The Balaban J connectivity index is 2.00. The molecule has 3 atom stereocenters. The van der Waals surface area contributed by atoms with Crippen molar-refractivity contribution in [2.24, 2.45) is 11.8 Å². The highest BCUT2D eigenvalue weighted by Gasteiger charge is 2.52. The Morgan fingerprint density at radius 1 is 1.65 bits per heavy atom. The van der Waals surface area contributed by atoms with Gasteiger partial charge in [-0.05, 0) is 12.8 Å². The third kappa shape index (κ3) is 2.20. The van der Waals surface area contributed by atoms with Crippen molar-refractivity contribution in [3.05, 3.63) is 0 Å². The SMILES string of the molecule is CCCC(C)C(=O)N1CC2CCOC2(CO)C1. The van der Waals surface area contributed by atoms with Gasteiger partial charge in [0.25, 0.3) is 0 Å². The van der Waals surface area contributed by atoms with Crippen molar-refractivity contribution in [3.8, 4) is 0 Å². The van der Waals surface area contributed by atoms with Crippen LogP contribution in [0.1, 0.15) is 33.1 Å². The third-order valence-corrected chi connectivity index (χ3v) is 4.22. The highest BCUT2D eigenvalue weighted by atomic mass is 16.5. The van der Waals surface area contributed by atoms with Gasteiger partial charge in [0.2, 0.25) is 5.91 Å².